The fraction of sp³-hybridized carbons (Fsp3) is 0.263. The highest BCUT2D eigenvalue weighted by atomic mass is 28.2. The summed E-state index contributed by atoms with van der Waals surface area (Å²) in [6.07, 6.45) is 6.94. The largest absolute Gasteiger partial charge is 0.0944 e. The third-order valence-corrected chi connectivity index (χ3v) is 5.71. The maximum atomic E-state index is 2.38. The molecule has 2 aromatic rings. The van der Waals surface area contributed by atoms with Gasteiger partial charge in [-0.3, -0.25) is 0 Å². The van der Waals surface area contributed by atoms with Gasteiger partial charge in [-0.15, -0.1) is 0 Å². The molecule has 0 aromatic heterocycles. The van der Waals surface area contributed by atoms with Crippen molar-refractivity contribution in [3.8, 4) is 0 Å². The molecule has 0 amide bonds. The molecule has 0 nitrogen and oxygen atoms in total. The van der Waals surface area contributed by atoms with Crippen LogP contribution in [0.2, 0.25) is 0 Å². The molecule has 0 bridgehead atoms. The van der Waals surface area contributed by atoms with Crippen molar-refractivity contribution in [2.45, 2.75) is 32.2 Å². The number of aryl methyl sites for hydroxylation is 1. The van der Waals surface area contributed by atoms with Gasteiger partial charge in [0.15, 0.2) is 0 Å². The molecule has 1 unspecified atom stereocenters. The molecule has 3 rings (SSSR count). The van der Waals surface area contributed by atoms with Gasteiger partial charge in [-0.2, -0.15) is 0 Å². The number of benzene rings is 2. The fourth-order valence-corrected chi connectivity index (χ4v) is 4.71. The molecule has 1 atom stereocenters. The van der Waals surface area contributed by atoms with E-state index < -0.39 is 0 Å². The summed E-state index contributed by atoms with van der Waals surface area (Å²) in [6, 6.07) is 15.6. The number of fused-ring (bicyclic) bond motifs is 1. The highest BCUT2D eigenvalue weighted by Gasteiger charge is 2.19. The smallest absolute Gasteiger partial charge is 0.0792 e. The Balaban J connectivity index is 1.92. The molecule has 2 radical (unpaired) electrons. The van der Waals surface area contributed by atoms with Crippen molar-refractivity contribution < 1.29 is 0 Å². The third kappa shape index (κ3) is 2.38. The molecule has 1 heteroatoms. The zero-order chi connectivity index (χ0) is 13.9. The Morgan fingerprint density at radius 3 is 2.60 bits per heavy atom. The van der Waals surface area contributed by atoms with E-state index in [4.69, 9.17) is 0 Å². The van der Waals surface area contributed by atoms with E-state index in [0.717, 1.165) is 22.4 Å². The zero-order valence-corrected chi connectivity index (χ0v) is 13.2. The van der Waals surface area contributed by atoms with Gasteiger partial charge in [0.2, 0.25) is 0 Å². The van der Waals surface area contributed by atoms with Gasteiger partial charge in [0.25, 0.3) is 0 Å². The van der Waals surface area contributed by atoms with E-state index in [1.54, 1.807) is 10.8 Å². The van der Waals surface area contributed by atoms with Crippen LogP contribution in [0.25, 0.3) is 6.08 Å². The van der Waals surface area contributed by atoms with Crippen molar-refractivity contribution in [3.05, 3.63) is 70.8 Å². The quantitative estimate of drug-likeness (QED) is 0.743. The Morgan fingerprint density at radius 2 is 1.80 bits per heavy atom. The Bertz CT molecular complexity index is 640. The van der Waals surface area contributed by atoms with Gasteiger partial charge in [-0.25, -0.2) is 0 Å². The normalized spacial score (nSPS) is 16.4. The molecule has 20 heavy (non-hydrogen) atoms. The standard InChI is InChI=1S/C19H20Si/c1-3-14-9-7-11-18(16(14)4-2)20-19-13-12-15-8-5-6-10-17(15)19/h5-13,19H,3-4H2,1-2H3. The minimum absolute atomic E-state index is 0.573. The van der Waals surface area contributed by atoms with Crippen molar-refractivity contribution >= 4 is 20.8 Å². The molecule has 0 fully saturated rings. The third-order valence-electron chi connectivity index (χ3n) is 4.12. The second kappa shape index (κ2) is 5.80. The van der Waals surface area contributed by atoms with E-state index in [9.17, 15) is 0 Å². The molecule has 0 N–H and O–H groups in total. The molecule has 0 saturated carbocycles. The zero-order valence-electron chi connectivity index (χ0n) is 12.2. The monoisotopic (exact) mass is 276 g/mol. The summed E-state index contributed by atoms with van der Waals surface area (Å²) in [4.78, 5) is 0. The maximum absolute atomic E-state index is 2.38. The van der Waals surface area contributed by atoms with Gasteiger partial charge >= 0.3 is 0 Å². The summed E-state index contributed by atoms with van der Waals surface area (Å²) < 4.78 is 0. The minimum Gasteiger partial charge on any atom is -0.0792 e. The summed E-state index contributed by atoms with van der Waals surface area (Å²) in [7, 11) is 0.843. The van der Waals surface area contributed by atoms with Crippen LogP contribution in [0.4, 0.5) is 0 Å². The number of hydrogen-bond donors (Lipinski definition) is 0. The minimum atomic E-state index is 0.573. The van der Waals surface area contributed by atoms with Crippen molar-refractivity contribution in [2.75, 3.05) is 0 Å². The van der Waals surface area contributed by atoms with Gasteiger partial charge < -0.3 is 0 Å². The van der Waals surface area contributed by atoms with E-state index in [1.807, 2.05) is 0 Å². The lowest BCUT2D eigenvalue weighted by atomic mass is 10.0. The SMILES string of the molecule is CCc1cccc([Si]C2C=Cc3ccccc32)c1CC. The Kier molecular flexibility index (Phi) is 3.88. The van der Waals surface area contributed by atoms with Crippen molar-refractivity contribution in [1.29, 1.82) is 0 Å². The molecule has 0 saturated heterocycles. The van der Waals surface area contributed by atoms with Crippen LogP contribution in [0.1, 0.15) is 41.6 Å². The molecule has 100 valence electrons. The molecular weight excluding hydrogens is 256 g/mol. The summed E-state index contributed by atoms with van der Waals surface area (Å²) in [6.45, 7) is 4.53. The van der Waals surface area contributed by atoms with Crippen LogP contribution in [-0.4, -0.2) is 9.52 Å². The van der Waals surface area contributed by atoms with Gasteiger partial charge in [0, 0.05) is 0 Å². The number of allylic oxidation sites excluding steroid dienone is 1. The molecule has 0 spiro atoms. The predicted octanol–water partition coefficient (Wildman–Crippen LogP) is 3.91. The summed E-state index contributed by atoms with van der Waals surface area (Å²) in [5.41, 5.74) is 6.56. The molecule has 0 heterocycles. The molecule has 2 aromatic carbocycles. The lowest BCUT2D eigenvalue weighted by Gasteiger charge is -2.15. The summed E-state index contributed by atoms with van der Waals surface area (Å²) in [5, 5.41) is 1.55. The second-order valence-electron chi connectivity index (χ2n) is 5.26. The van der Waals surface area contributed by atoms with E-state index in [-0.39, 0.29) is 0 Å². The fourth-order valence-electron chi connectivity index (χ4n) is 3.06. The van der Waals surface area contributed by atoms with E-state index in [1.165, 1.54) is 16.7 Å². The Morgan fingerprint density at radius 1 is 0.950 bits per heavy atom. The van der Waals surface area contributed by atoms with E-state index >= 15 is 0 Å². The Labute approximate surface area is 124 Å². The first kappa shape index (κ1) is 13.4. The van der Waals surface area contributed by atoms with Crippen LogP contribution in [0, 0.1) is 0 Å². The first-order chi connectivity index (χ1) is 9.83. The maximum Gasteiger partial charge on any atom is 0.0944 e. The van der Waals surface area contributed by atoms with Gasteiger partial charge in [-0.05, 0) is 40.6 Å². The van der Waals surface area contributed by atoms with Crippen LogP contribution in [-0.2, 0) is 12.8 Å². The van der Waals surface area contributed by atoms with E-state index in [2.05, 4.69) is 68.5 Å². The van der Waals surface area contributed by atoms with Crippen molar-refractivity contribution in [2.24, 2.45) is 0 Å². The Hall–Kier alpha value is -1.60. The predicted molar refractivity (Wildman–Crippen MR) is 88.8 cm³/mol. The van der Waals surface area contributed by atoms with Crippen molar-refractivity contribution in [3.63, 3.8) is 0 Å². The molecular formula is C19H20Si. The van der Waals surface area contributed by atoms with Gasteiger partial charge in [0.05, 0.1) is 9.52 Å². The van der Waals surface area contributed by atoms with Crippen LogP contribution in [0.3, 0.4) is 0 Å². The van der Waals surface area contributed by atoms with Crippen LogP contribution in [0.5, 0.6) is 0 Å². The molecule has 1 aliphatic carbocycles. The average Bonchev–Trinajstić information content (AvgIpc) is 2.90. The average molecular weight is 276 g/mol. The van der Waals surface area contributed by atoms with Gasteiger partial charge in [-0.1, -0.05) is 73.7 Å². The lowest BCUT2D eigenvalue weighted by molar-refractivity contribution is 1.04. The molecule has 1 aliphatic rings. The first-order valence-corrected chi connectivity index (χ1v) is 8.55. The number of hydrogen-bond acceptors (Lipinski definition) is 0. The topological polar surface area (TPSA) is 0 Å². The highest BCUT2D eigenvalue weighted by Crippen LogP contribution is 2.29. The first-order valence-electron chi connectivity index (χ1n) is 7.48. The summed E-state index contributed by atoms with van der Waals surface area (Å²) >= 11 is 0. The van der Waals surface area contributed by atoms with Gasteiger partial charge in [0.1, 0.15) is 0 Å². The lowest BCUT2D eigenvalue weighted by Crippen LogP contribution is -2.25. The number of rotatable bonds is 4. The van der Waals surface area contributed by atoms with Crippen LogP contribution in [0.15, 0.2) is 48.5 Å². The van der Waals surface area contributed by atoms with E-state index in [0.29, 0.717) is 5.54 Å². The summed E-state index contributed by atoms with van der Waals surface area (Å²) in [5.74, 6) is 0. The van der Waals surface area contributed by atoms with Crippen LogP contribution < -0.4 is 5.19 Å². The molecule has 0 aliphatic heterocycles. The van der Waals surface area contributed by atoms with Crippen molar-refractivity contribution in [1.82, 2.24) is 0 Å². The highest BCUT2D eigenvalue weighted by molar-refractivity contribution is 6.56. The second-order valence-corrected chi connectivity index (χ2v) is 6.71. The van der Waals surface area contributed by atoms with Crippen LogP contribution >= 0.6 is 0 Å².